The molecular weight excluding hydrogens is 471 g/mol. The van der Waals surface area contributed by atoms with E-state index >= 15 is 0 Å². The minimum Gasteiger partial charge on any atom is -0.490 e. The first-order valence-corrected chi connectivity index (χ1v) is 9.54. The third-order valence-electron chi connectivity index (χ3n) is 4.54. The summed E-state index contributed by atoms with van der Waals surface area (Å²) in [7, 11) is 1.76. The van der Waals surface area contributed by atoms with Crippen molar-refractivity contribution in [2.75, 3.05) is 20.3 Å². The van der Waals surface area contributed by atoms with Crippen LogP contribution in [0.15, 0.2) is 27.7 Å². The van der Waals surface area contributed by atoms with Crippen molar-refractivity contribution in [3.8, 4) is 11.5 Å². The number of rotatable bonds is 6. The fraction of sp³-hybridized carbons (Fsp3) is 0.500. The van der Waals surface area contributed by atoms with Gasteiger partial charge in [-0.05, 0) is 24.1 Å². The fourth-order valence-corrected chi connectivity index (χ4v) is 3.03. The smallest absolute Gasteiger partial charge is 0.191 e. The largest absolute Gasteiger partial charge is 0.490 e. The number of guanidine groups is 1. The molecule has 1 aromatic heterocycles. The van der Waals surface area contributed by atoms with Gasteiger partial charge >= 0.3 is 0 Å². The predicted molar refractivity (Wildman–Crippen MR) is 120 cm³/mol. The lowest BCUT2D eigenvalue weighted by Gasteiger charge is -2.13. The second-order valence-corrected chi connectivity index (χ2v) is 6.35. The molecule has 0 unspecified atom stereocenters. The molecule has 8 heteroatoms. The van der Waals surface area contributed by atoms with E-state index in [1.165, 1.54) is 0 Å². The summed E-state index contributed by atoms with van der Waals surface area (Å²) >= 11 is 0. The van der Waals surface area contributed by atoms with Gasteiger partial charge in [0.1, 0.15) is 5.76 Å². The highest BCUT2D eigenvalue weighted by Crippen LogP contribution is 2.30. The zero-order chi connectivity index (χ0) is 19.1. The Morgan fingerprint density at radius 2 is 1.82 bits per heavy atom. The predicted octanol–water partition coefficient (Wildman–Crippen LogP) is 3.44. The van der Waals surface area contributed by atoms with Gasteiger partial charge in [-0.1, -0.05) is 25.1 Å². The molecule has 28 heavy (non-hydrogen) atoms. The van der Waals surface area contributed by atoms with Crippen molar-refractivity contribution in [2.45, 2.75) is 46.2 Å². The molecule has 154 valence electrons. The number of ether oxygens (including phenoxy) is 2. The highest BCUT2D eigenvalue weighted by Gasteiger charge is 2.14. The summed E-state index contributed by atoms with van der Waals surface area (Å²) in [5.41, 5.74) is 3.23. The minimum absolute atomic E-state index is 0. The first kappa shape index (κ1) is 22.3. The maximum atomic E-state index is 5.75. The monoisotopic (exact) mass is 500 g/mol. The summed E-state index contributed by atoms with van der Waals surface area (Å²) in [4.78, 5) is 4.30. The molecule has 2 N–H and O–H groups in total. The molecule has 1 aliphatic rings. The van der Waals surface area contributed by atoms with Crippen LogP contribution in [0.5, 0.6) is 11.5 Å². The lowest BCUT2D eigenvalue weighted by molar-refractivity contribution is 0.297. The van der Waals surface area contributed by atoms with E-state index < -0.39 is 0 Å². The van der Waals surface area contributed by atoms with Crippen LogP contribution in [0.3, 0.4) is 0 Å². The number of nitrogens with zero attached hydrogens (tertiary/aromatic N) is 2. The maximum Gasteiger partial charge on any atom is 0.191 e. The van der Waals surface area contributed by atoms with Crippen molar-refractivity contribution in [3.05, 3.63) is 40.8 Å². The van der Waals surface area contributed by atoms with Crippen LogP contribution < -0.4 is 20.1 Å². The van der Waals surface area contributed by atoms with Crippen molar-refractivity contribution in [1.29, 1.82) is 0 Å². The molecule has 2 heterocycles. The minimum atomic E-state index is 0. The van der Waals surface area contributed by atoms with Gasteiger partial charge in [-0.2, -0.15) is 0 Å². The lowest BCUT2D eigenvalue weighted by Crippen LogP contribution is -2.36. The maximum absolute atomic E-state index is 5.75. The molecule has 0 amide bonds. The number of aryl methyl sites for hydroxylation is 2. The molecule has 0 atom stereocenters. The van der Waals surface area contributed by atoms with E-state index in [1.807, 2.05) is 18.2 Å². The van der Waals surface area contributed by atoms with Crippen LogP contribution in [0.2, 0.25) is 0 Å². The Balaban J connectivity index is 0.00000280. The van der Waals surface area contributed by atoms with Gasteiger partial charge < -0.3 is 24.6 Å². The van der Waals surface area contributed by atoms with Gasteiger partial charge in [-0.25, -0.2) is 0 Å². The standard InChI is InChI=1S/C20H28N4O3.HI/c1-4-16-15(17(5-2)27-24-16)13-23-20(21-3)22-12-14-7-8-18-19(11-14)26-10-6-9-25-18;/h7-8,11H,4-6,9-10,12-13H2,1-3H3,(H2,21,22,23);1H. The SMILES string of the molecule is CCc1noc(CC)c1CNC(=NC)NCc1ccc2c(c1)OCCCO2.I. The second kappa shape index (κ2) is 11.1. The number of halogens is 1. The Bertz CT molecular complexity index is 770. The molecule has 0 aliphatic carbocycles. The van der Waals surface area contributed by atoms with Crippen LogP contribution in [0.1, 0.15) is 42.8 Å². The Labute approximate surface area is 183 Å². The molecule has 0 saturated carbocycles. The van der Waals surface area contributed by atoms with E-state index in [0.29, 0.717) is 26.3 Å². The van der Waals surface area contributed by atoms with E-state index in [0.717, 1.165) is 59.3 Å². The molecule has 1 aliphatic heterocycles. The molecule has 0 radical (unpaired) electrons. The molecule has 0 bridgehead atoms. The number of aromatic nitrogens is 1. The first-order valence-electron chi connectivity index (χ1n) is 9.54. The topological polar surface area (TPSA) is 80.9 Å². The number of nitrogens with one attached hydrogen (secondary N) is 2. The Morgan fingerprint density at radius 3 is 2.54 bits per heavy atom. The highest BCUT2D eigenvalue weighted by atomic mass is 127. The molecule has 1 aromatic carbocycles. The summed E-state index contributed by atoms with van der Waals surface area (Å²) in [6.45, 7) is 6.81. The third kappa shape index (κ3) is 5.52. The normalized spacial score (nSPS) is 13.5. The molecule has 0 spiro atoms. The van der Waals surface area contributed by atoms with Gasteiger partial charge in [0.25, 0.3) is 0 Å². The summed E-state index contributed by atoms with van der Waals surface area (Å²) in [5.74, 6) is 3.27. The van der Waals surface area contributed by atoms with Gasteiger partial charge in [-0.15, -0.1) is 24.0 Å². The van der Waals surface area contributed by atoms with E-state index in [9.17, 15) is 0 Å². The summed E-state index contributed by atoms with van der Waals surface area (Å²) in [5, 5.41) is 10.8. The average Bonchev–Trinajstić information content (AvgIpc) is 2.95. The quantitative estimate of drug-likeness (QED) is 0.360. The fourth-order valence-electron chi connectivity index (χ4n) is 3.03. The van der Waals surface area contributed by atoms with E-state index in [-0.39, 0.29) is 24.0 Å². The molecule has 7 nitrogen and oxygen atoms in total. The number of benzene rings is 1. The highest BCUT2D eigenvalue weighted by molar-refractivity contribution is 14.0. The van der Waals surface area contributed by atoms with Crippen molar-refractivity contribution in [3.63, 3.8) is 0 Å². The molecule has 0 saturated heterocycles. The van der Waals surface area contributed by atoms with Gasteiger partial charge in [0, 0.05) is 38.5 Å². The Kier molecular flexibility index (Phi) is 8.88. The van der Waals surface area contributed by atoms with Crippen molar-refractivity contribution in [1.82, 2.24) is 15.8 Å². The summed E-state index contributed by atoms with van der Waals surface area (Å²) < 4.78 is 16.8. The van der Waals surface area contributed by atoms with Gasteiger partial charge in [0.2, 0.25) is 0 Å². The van der Waals surface area contributed by atoms with Crippen molar-refractivity contribution in [2.24, 2.45) is 4.99 Å². The number of aliphatic imine (C=N–C) groups is 1. The van der Waals surface area contributed by atoms with E-state index in [4.69, 9.17) is 14.0 Å². The zero-order valence-corrected chi connectivity index (χ0v) is 19.0. The van der Waals surface area contributed by atoms with Crippen LogP contribution in [0.25, 0.3) is 0 Å². The zero-order valence-electron chi connectivity index (χ0n) is 16.7. The summed E-state index contributed by atoms with van der Waals surface area (Å²) in [6.07, 6.45) is 2.58. The summed E-state index contributed by atoms with van der Waals surface area (Å²) in [6, 6.07) is 6.02. The number of hydrogen-bond donors (Lipinski definition) is 2. The molecule has 2 aromatic rings. The molecule has 3 rings (SSSR count). The lowest BCUT2D eigenvalue weighted by atomic mass is 10.1. The van der Waals surface area contributed by atoms with Gasteiger partial charge in [0.05, 0.1) is 18.9 Å². The van der Waals surface area contributed by atoms with E-state index in [1.54, 1.807) is 7.05 Å². The average molecular weight is 500 g/mol. The molecular formula is C20H29IN4O3. The van der Waals surface area contributed by atoms with Crippen LogP contribution >= 0.6 is 24.0 Å². The number of fused-ring (bicyclic) bond motifs is 1. The second-order valence-electron chi connectivity index (χ2n) is 6.35. The van der Waals surface area contributed by atoms with Gasteiger partial charge in [-0.3, -0.25) is 4.99 Å². The number of hydrogen-bond acceptors (Lipinski definition) is 5. The molecule has 0 fully saturated rings. The van der Waals surface area contributed by atoms with Crippen LogP contribution in [-0.4, -0.2) is 31.4 Å². The van der Waals surface area contributed by atoms with Crippen LogP contribution in [0, 0.1) is 0 Å². The van der Waals surface area contributed by atoms with Crippen molar-refractivity contribution >= 4 is 29.9 Å². The van der Waals surface area contributed by atoms with Gasteiger partial charge in [0.15, 0.2) is 17.5 Å². The van der Waals surface area contributed by atoms with Crippen LogP contribution in [0.4, 0.5) is 0 Å². The van der Waals surface area contributed by atoms with E-state index in [2.05, 4.69) is 34.6 Å². The van der Waals surface area contributed by atoms with Crippen molar-refractivity contribution < 1.29 is 14.0 Å². The first-order chi connectivity index (χ1) is 13.2. The Morgan fingerprint density at radius 1 is 1.07 bits per heavy atom. The van der Waals surface area contributed by atoms with Crippen LogP contribution in [-0.2, 0) is 25.9 Å². The Hall–Kier alpha value is -1.97. The third-order valence-corrected chi connectivity index (χ3v) is 4.54.